The van der Waals surface area contributed by atoms with Crippen LogP contribution in [-0.4, -0.2) is 124 Å². The maximum atomic E-state index is 13.6. The number of aromatic nitrogens is 10. The number of aliphatic imine (C=N–C) groups is 1. The Labute approximate surface area is 586 Å². The number of nitrogens with one attached hydrogen (secondary N) is 1. The summed E-state index contributed by atoms with van der Waals surface area (Å²) in [6, 6.07) is 17.5. The minimum Gasteiger partial charge on any atom is -0.386 e. The number of hydrogen-bond donors (Lipinski definition) is 4. The number of allylic oxidation sites excluding steroid dienone is 1. The molecule has 12 rings (SSSR count). The Balaban J connectivity index is 0.000000160. The van der Waals surface area contributed by atoms with Crippen molar-refractivity contribution in [3.8, 4) is 17.1 Å². The highest BCUT2D eigenvalue weighted by Crippen LogP contribution is 2.44. The number of alkyl halides is 1. The van der Waals surface area contributed by atoms with Gasteiger partial charge in [0.1, 0.15) is 46.1 Å². The molecule has 0 aliphatic carbocycles. The summed E-state index contributed by atoms with van der Waals surface area (Å²) in [5, 5.41) is 56.4. The van der Waals surface area contributed by atoms with Crippen molar-refractivity contribution < 1.29 is 42.9 Å². The molecule has 4 atom stereocenters. The Morgan fingerprint density at radius 1 is 0.546 bits per heavy atom. The fraction of sp³-hybridized carbons (Fsp3) is 0.443. The Morgan fingerprint density at radius 3 is 1.28 bits per heavy atom. The second-order valence-electron chi connectivity index (χ2n) is 27.1. The number of aryl methyl sites for hydroxylation is 1. The van der Waals surface area contributed by atoms with Crippen molar-refractivity contribution in [2.24, 2.45) is 10.9 Å². The normalized spacial score (nSPS) is 18.4. The highest BCUT2D eigenvalue weighted by atomic mass is 79.9. The SMILES string of the molecule is CC(C)c1c(N2CCC(Br)C2=O)cnn1-c1ccc(F)cc1.CC1=NC(C2CCN(c3cnn(-c4ccc(F)cc4)c3C(C)C)C2=O)C(C(C)(C)O)=C1Cl.Cc1[nH]nc(C(C)(C)O)c1Cl.Cc1c(Cl)c(C(C)(C)O)nn1C1CCN(c2cnn(-c3ccc(F)cc3)c2C(C)C)C1=O. The van der Waals surface area contributed by atoms with Gasteiger partial charge in [0.05, 0.1) is 124 Å². The van der Waals surface area contributed by atoms with E-state index in [4.69, 9.17) is 34.8 Å². The topological polar surface area (TPSA) is 234 Å². The Hall–Kier alpha value is -7.45. The third kappa shape index (κ3) is 15.4. The highest BCUT2D eigenvalue weighted by molar-refractivity contribution is 9.10. The fourth-order valence-corrected chi connectivity index (χ4v) is 14.0. The lowest BCUT2D eigenvalue weighted by Gasteiger charge is -2.28. The molecule has 0 saturated carbocycles. The molecule has 0 bridgehead atoms. The van der Waals surface area contributed by atoms with E-state index in [9.17, 15) is 42.9 Å². The van der Waals surface area contributed by atoms with Crippen LogP contribution < -0.4 is 14.7 Å². The van der Waals surface area contributed by atoms with E-state index in [0.29, 0.717) is 75.9 Å². The molecule has 97 heavy (non-hydrogen) atoms. The van der Waals surface area contributed by atoms with Crippen LogP contribution in [0.5, 0.6) is 0 Å². The second kappa shape index (κ2) is 29.2. The van der Waals surface area contributed by atoms with Crippen molar-refractivity contribution in [1.29, 1.82) is 0 Å². The fourth-order valence-electron chi connectivity index (χ4n) is 12.5. The molecule has 3 saturated heterocycles. The van der Waals surface area contributed by atoms with E-state index in [1.165, 1.54) is 36.4 Å². The van der Waals surface area contributed by atoms with Gasteiger partial charge >= 0.3 is 0 Å². The van der Waals surface area contributed by atoms with Crippen LogP contribution in [0.25, 0.3) is 17.1 Å². The third-order valence-corrected chi connectivity index (χ3v) is 19.5. The Kier molecular flexibility index (Phi) is 22.2. The highest BCUT2D eigenvalue weighted by Gasteiger charge is 2.47. The largest absolute Gasteiger partial charge is 0.386 e. The van der Waals surface area contributed by atoms with E-state index in [-0.39, 0.29) is 57.8 Å². The molecule has 20 nitrogen and oxygen atoms in total. The lowest BCUT2D eigenvalue weighted by molar-refractivity contribution is -0.121. The molecule has 0 spiro atoms. The molecule has 9 heterocycles. The van der Waals surface area contributed by atoms with Gasteiger partial charge in [-0.25, -0.2) is 27.2 Å². The third-order valence-electron chi connectivity index (χ3n) is 17.3. The zero-order valence-corrected chi connectivity index (χ0v) is 60.8. The van der Waals surface area contributed by atoms with Gasteiger partial charge in [-0.2, -0.15) is 25.5 Å². The van der Waals surface area contributed by atoms with Crippen molar-refractivity contribution in [2.45, 2.75) is 175 Å². The molecular weight excluding hydrogens is 1380 g/mol. The number of halogens is 7. The quantitative estimate of drug-likeness (QED) is 0.0748. The van der Waals surface area contributed by atoms with Crippen LogP contribution in [-0.2, 0) is 25.6 Å². The zero-order valence-electron chi connectivity index (χ0n) is 57.0. The number of carbonyl (C=O) groups excluding carboxylic acids is 3. The van der Waals surface area contributed by atoms with Gasteiger partial charge in [0.15, 0.2) is 0 Å². The summed E-state index contributed by atoms with van der Waals surface area (Å²) in [7, 11) is 0. The molecular formula is C70H83BrCl3F3N14O6. The number of hydrogen-bond acceptors (Lipinski definition) is 12. The number of amides is 3. The molecule has 518 valence electrons. The zero-order chi connectivity index (χ0) is 71.2. The second-order valence-corrected chi connectivity index (χ2v) is 29.3. The number of rotatable bonds is 14. The first-order chi connectivity index (χ1) is 45.4. The van der Waals surface area contributed by atoms with Crippen LogP contribution >= 0.6 is 50.7 Å². The van der Waals surface area contributed by atoms with Crippen molar-refractivity contribution in [2.75, 3.05) is 34.3 Å². The maximum absolute atomic E-state index is 13.6. The van der Waals surface area contributed by atoms with Crippen molar-refractivity contribution >= 4 is 91.2 Å². The molecule has 3 fully saturated rings. The smallest absolute Gasteiger partial charge is 0.252 e. The van der Waals surface area contributed by atoms with Gasteiger partial charge in [-0.3, -0.25) is 29.2 Å². The Morgan fingerprint density at radius 2 is 0.938 bits per heavy atom. The minimum absolute atomic E-state index is 0.0553. The van der Waals surface area contributed by atoms with E-state index in [1.54, 1.807) is 144 Å². The molecule has 3 amide bonds. The molecule has 5 aromatic heterocycles. The standard InChI is InChI=1S/C24H28ClFN4O2.C23H27ClFN5O2.C16H17BrFN3O.C7H11ClN2O/c1-13(2)22-18(12-27-30(22)16-8-6-15(26)7-9-16)29-11-10-17(23(29)31)21-19(24(4,5)32)20(25)14(3)28-21;1-13(2)20-18(12-26-30(20)16-8-6-15(25)7-9-16)28-11-10-17(22(28)31)29-14(3)19(24)21(27-29)23(4,5)32;1-10(2)15-14(20-8-7-13(17)16(20)22)9-19-21(15)12-5-3-11(18)4-6-12;1-4-5(8)6(10-9-4)7(2,3)11/h6-9,12-13,17,21,32H,10-11H2,1-5H3;6-9,12-13,17,32H,10-11H2,1-5H3;3-6,9-10,13H,7-8H2,1-2H3;11H,1-3H3,(H,9,10). The van der Waals surface area contributed by atoms with Crippen LogP contribution in [0.2, 0.25) is 10.0 Å². The summed E-state index contributed by atoms with van der Waals surface area (Å²) in [5.41, 5.74) is 7.46. The average molecular weight is 1460 g/mol. The van der Waals surface area contributed by atoms with Crippen LogP contribution in [0, 0.1) is 37.2 Å². The summed E-state index contributed by atoms with van der Waals surface area (Å²) >= 11 is 22.1. The summed E-state index contributed by atoms with van der Waals surface area (Å²) in [6.07, 6.45) is 7.05. The lowest BCUT2D eigenvalue weighted by Crippen LogP contribution is -2.37. The molecule has 4 aliphatic heterocycles. The number of carbonyl (C=O) groups is 3. The first-order valence-electron chi connectivity index (χ1n) is 32.1. The molecule has 4 unspecified atom stereocenters. The molecule has 4 N–H and O–H groups in total. The summed E-state index contributed by atoms with van der Waals surface area (Å²) in [6.45, 7) is 29.3. The molecule has 27 heteroatoms. The van der Waals surface area contributed by atoms with Gasteiger partial charge in [0.25, 0.3) is 5.91 Å². The predicted molar refractivity (Wildman–Crippen MR) is 376 cm³/mol. The van der Waals surface area contributed by atoms with E-state index in [2.05, 4.69) is 65.4 Å². The van der Waals surface area contributed by atoms with Crippen molar-refractivity contribution in [3.05, 3.63) is 169 Å². The first kappa shape index (κ1) is 73.8. The number of aromatic amines is 1. The monoisotopic (exact) mass is 1460 g/mol. The van der Waals surface area contributed by atoms with E-state index < -0.39 is 34.8 Å². The number of benzene rings is 3. The van der Waals surface area contributed by atoms with Crippen molar-refractivity contribution in [3.63, 3.8) is 0 Å². The average Bonchev–Trinajstić information content (AvgIpc) is 1.62. The summed E-state index contributed by atoms with van der Waals surface area (Å²) < 4.78 is 46.8. The first-order valence-corrected chi connectivity index (χ1v) is 34.1. The molecule has 0 radical (unpaired) electrons. The van der Waals surface area contributed by atoms with E-state index >= 15 is 0 Å². The number of anilines is 3. The van der Waals surface area contributed by atoms with E-state index in [0.717, 1.165) is 63.3 Å². The van der Waals surface area contributed by atoms with Crippen LogP contribution in [0.1, 0.15) is 173 Å². The van der Waals surface area contributed by atoms with Crippen LogP contribution in [0.15, 0.2) is 107 Å². The van der Waals surface area contributed by atoms with Gasteiger partial charge < -0.3 is 30.0 Å². The summed E-state index contributed by atoms with van der Waals surface area (Å²) in [5.74, 6) is -1.06. The van der Waals surface area contributed by atoms with Gasteiger partial charge in [-0.1, -0.05) is 92.3 Å². The lowest BCUT2D eigenvalue weighted by atomic mass is 9.84. The van der Waals surface area contributed by atoms with Gasteiger partial charge in [0.2, 0.25) is 11.8 Å². The van der Waals surface area contributed by atoms with Gasteiger partial charge in [0, 0.05) is 25.2 Å². The minimum atomic E-state index is -1.21. The number of nitrogens with zero attached hydrogens (tertiary/aromatic N) is 13. The number of H-pyrrole nitrogens is 1. The number of aliphatic hydroxyl groups is 3. The van der Waals surface area contributed by atoms with Gasteiger partial charge in [-0.15, -0.1) is 0 Å². The maximum Gasteiger partial charge on any atom is 0.252 e. The van der Waals surface area contributed by atoms with Crippen LogP contribution in [0.4, 0.5) is 30.2 Å². The van der Waals surface area contributed by atoms with Gasteiger partial charge in [-0.05, 0) is 172 Å². The van der Waals surface area contributed by atoms with Crippen molar-refractivity contribution in [1.82, 2.24) is 49.3 Å². The van der Waals surface area contributed by atoms with Crippen LogP contribution in [0.3, 0.4) is 0 Å². The molecule has 4 aliphatic rings. The predicted octanol–water partition coefficient (Wildman–Crippen LogP) is 14.3. The summed E-state index contributed by atoms with van der Waals surface area (Å²) in [4.78, 5) is 49.1. The van der Waals surface area contributed by atoms with E-state index in [1.807, 2.05) is 34.6 Å². The molecule has 3 aromatic carbocycles. The Bertz CT molecular complexity index is 4250. The molecule has 8 aromatic rings.